The Morgan fingerprint density at radius 1 is 1.44 bits per heavy atom. The molecular formula is C13H20N4O. The van der Waals surface area contributed by atoms with E-state index in [0.29, 0.717) is 0 Å². The molecule has 1 fully saturated rings. The van der Waals surface area contributed by atoms with Crippen molar-refractivity contribution in [3.8, 4) is 0 Å². The minimum absolute atomic E-state index is 0.142. The summed E-state index contributed by atoms with van der Waals surface area (Å²) >= 11 is 0. The quantitative estimate of drug-likeness (QED) is 0.848. The molecule has 1 aliphatic rings. The van der Waals surface area contributed by atoms with Crippen LogP contribution < -0.4 is 5.32 Å². The highest BCUT2D eigenvalue weighted by Crippen LogP contribution is 2.20. The molecule has 2 rings (SSSR count). The van der Waals surface area contributed by atoms with Gasteiger partial charge in [-0.1, -0.05) is 0 Å². The highest BCUT2D eigenvalue weighted by atomic mass is 16.2. The fourth-order valence-electron chi connectivity index (χ4n) is 2.13. The van der Waals surface area contributed by atoms with E-state index in [4.69, 9.17) is 0 Å². The first kappa shape index (κ1) is 13.0. The average Bonchev–Trinajstić information content (AvgIpc) is 2.33. The third-order valence-electron chi connectivity index (χ3n) is 3.50. The van der Waals surface area contributed by atoms with E-state index >= 15 is 0 Å². The number of nitrogens with zero attached hydrogens (tertiary/aromatic N) is 3. The zero-order valence-corrected chi connectivity index (χ0v) is 11.2. The van der Waals surface area contributed by atoms with Crippen LogP contribution in [-0.4, -0.2) is 46.5 Å². The zero-order chi connectivity index (χ0) is 13.2. The smallest absolute Gasteiger partial charge is 0.289 e. The van der Waals surface area contributed by atoms with Gasteiger partial charge in [0.2, 0.25) is 5.82 Å². The number of aryl methyl sites for hydroxylation is 1. The van der Waals surface area contributed by atoms with Gasteiger partial charge in [0.15, 0.2) is 0 Å². The Balaban J connectivity index is 2.03. The zero-order valence-electron chi connectivity index (χ0n) is 11.2. The fourth-order valence-corrected chi connectivity index (χ4v) is 2.13. The van der Waals surface area contributed by atoms with E-state index in [1.54, 1.807) is 12.3 Å². The van der Waals surface area contributed by atoms with Crippen molar-refractivity contribution in [3.05, 3.63) is 23.8 Å². The van der Waals surface area contributed by atoms with Crippen LogP contribution in [0.2, 0.25) is 0 Å². The number of carbonyl (C=O) groups is 1. The second kappa shape index (κ2) is 5.02. The summed E-state index contributed by atoms with van der Waals surface area (Å²) < 4.78 is 0. The Morgan fingerprint density at radius 3 is 2.72 bits per heavy atom. The highest BCUT2D eigenvalue weighted by Gasteiger charge is 2.31. The van der Waals surface area contributed by atoms with Gasteiger partial charge in [0.05, 0.1) is 0 Å². The van der Waals surface area contributed by atoms with Crippen molar-refractivity contribution in [3.63, 3.8) is 0 Å². The number of carbonyl (C=O) groups excluding carboxylic acids is 1. The first-order valence-electron chi connectivity index (χ1n) is 6.29. The third kappa shape index (κ3) is 3.04. The van der Waals surface area contributed by atoms with Gasteiger partial charge in [-0.2, -0.15) is 0 Å². The number of rotatable bonds is 2. The minimum atomic E-state index is -0.175. The van der Waals surface area contributed by atoms with Crippen molar-refractivity contribution in [1.82, 2.24) is 20.2 Å². The van der Waals surface area contributed by atoms with Gasteiger partial charge in [-0.05, 0) is 39.8 Å². The lowest BCUT2D eigenvalue weighted by atomic mass is 9.90. The van der Waals surface area contributed by atoms with E-state index in [-0.39, 0.29) is 17.3 Å². The van der Waals surface area contributed by atoms with E-state index in [2.05, 4.69) is 34.2 Å². The van der Waals surface area contributed by atoms with Crippen molar-refractivity contribution in [2.45, 2.75) is 32.2 Å². The van der Waals surface area contributed by atoms with Crippen LogP contribution in [-0.2, 0) is 0 Å². The summed E-state index contributed by atoms with van der Waals surface area (Å²) in [6.45, 7) is 5.96. The largest absolute Gasteiger partial charge is 0.344 e. The Hall–Kier alpha value is -1.49. The molecule has 0 spiro atoms. The summed E-state index contributed by atoms with van der Waals surface area (Å²) in [6.07, 6.45) is 3.54. The van der Waals surface area contributed by atoms with Gasteiger partial charge in [-0.25, -0.2) is 9.97 Å². The van der Waals surface area contributed by atoms with E-state index in [1.165, 1.54) is 0 Å². The molecule has 1 amide bonds. The molecular weight excluding hydrogens is 228 g/mol. The Morgan fingerprint density at radius 2 is 2.11 bits per heavy atom. The standard InChI is InChI=1S/C13H20N4O/c1-10-4-7-14-11(15-10)12(18)16-13(2)5-8-17(3)9-6-13/h4,7H,5-6,8-9H2,1-3H3,(H,16,18). The number of aromatic nitrogens is 2. The fraction of sp³-hybridized carbons (Fsp3) is 0.615. The topological polar surface area (TPSA) is 58.1 Å². The van der Waals surface area contributed by atoms with E-state index in [0.717, 1.165) is 31.6 Å². The number of likely N-dealkylation sites (tertiary alicyclic amines) is 1. The first-order chi connectivity index (χ1) is 8.48. The summed E-state index contributed by atoms with van der Waals surface area (Å²) in [4.78, 5) is 22.5. The second-order valence-electron chi connectivity index (χ2n) is 5.34. The van der Waals surface area contributed by atoms with Gasteiger partial charge >= 0.3 is 0 Å². The van der Waals surface area contributed by atoms with Crippen LogP contribution in [0.15, 0.2) is 12.3 Å². The lowest BCUT2D eigenvalue weighted by Gasteiger charge is -2.38. The predicted molar refractivity (Wildman–Crippen MR) is 69.4 cm³/mol. The Labute approximate surface area is 108 Å². The van der Waals surface area contributed by atoms with Crippen molar-refractivity contribution in [1.29, 1.82) is 0 Å². The number of hydrogen-bond donors (Lipinski definition) is 1. The SMILES string of the molecule is Cc1ccnc(C(=O)NC2(C)CCN(C)CC2)n1. The molecule has 1 aromatic rings. The van der Waals surface area contributed by atoms with Gasteiger partial charge in [0.25, 0.3) is 5.91 Å². The lowest BCUT2D eigenvalue weighted by molar-refractivity contribution is 0.0841. The first-order valence-corrected chi connectivity index (χ1v) is 6.29. The number of piperidine rings is 1. The Kier molecular flexibility index (Phi) is 3.61. The molecule has 98 valence electrons. The molecule has 0 bridgehead atoms. The summed E-state index contributed by atoms with van der Waals surface area (Å²) in [6, 6.07) is 1.79. The molecule has 0 radical (unpaired) electrons. The molecule has 0 atom stereocenters. The van der Waals surface area contributed by atoms with Crippen molar-refractivity contribution in [2.24, 2.45) is 0 Å². The van der Waals surface area contributed by atoms with Gasteiger partial charge in [0, 0.05) is 30.5 Å². The summed E-state index contributed by atoms with van der Waals surface area (Å²) in [5.41, 5.74) is 0.667. The number of hydrogen-bond acceptors (Lipinski definition) is 4. The maximum absolute atomic E-state index is 12.1. The van der Waals surface area contributed by atoms with Crippen LogP contribution in [0, 0.1) is 6.92 Å². The molecule has 0 unspecified atom stereocenters. The van der Waals surface area contributed by atoms with Crippen LogP contribution in [0.1, 0.15) is 36.1 Å². The molecule has 1 aliphatic heterocycles. The molecule has 5 heteroatoms. The van der Waals surface area contributed by atoms with E-state index in [1.807, 2.05) is 6.92 Å². The normalized spacial score (nSPS) is 19.5. The average molecular weight is 248 g/mol. The van der Waals surface area contributed by atoms with E-state index in [9.17, 15) is 4.79 Å². The molecule has 5 nitrogen and oxygen atoms in total. The van der Waals surface area contributed by atoms with Crippen LogP contribution in [0.5, 0.6) is 0 Å². The van der Waals surface area contributed by atoms with Crippen LogP contribution >= 0.6 is 0 Å². The molecule has 0 aliphatic carbocycles. The highest BCUT2D eigenvalue weighted by molar-refractivity contribution is 5.90. The molecule has 0 aromatic carbocycles. The third-order valence-corrected chi connectivity index (χ3v) is 3.50. The van der Waals surface area contributed by atoms with Gasteiger partial charge in [0.1, 0.15) is 0 Å². The summed E-state index contributed by atoms with van der Waals surface area (Å²) in [5, 5.41) is 3.07. The molecule has 0 saturated carbocycles. The van der Waals surface area contributed by atoms with Crippen LogP contribution in [0.3, 0.4) is 0 Å². The van der Waals surface area contributed by atoms with E-state index < -0.39 is 0 Å². The maximum Gasteiger partial charge on any atom is 0.289 e. The predicted octanol–water partition coefficient (Wildman–Crippen LogP) is 0.999. The molecule has 2 heterocycles. The van der Waals surface area contributed by atoms with Crippen molar-refractivity contribution >= 4 is 5.91 Å². The second-order valence-corrected chi connectivity index (χ2v) is 5.34. The summed E-state index contributed by atoms with van der Waals surface area (Å²) in [5.74, 6) is 0.0842. The minimum Gasteiger partial charge on any atom is -0.344 e. The van der Waals surface area contributed by atoms with Gasteiger partial charge in [-0.15, -0.1) is 0 Å². The van der Waals surface area contributed by atoms with Gasteiger partial charge in [-0.3, -0.25) is 4.79 Å². The van der Waals surface area contributed by atoms with Crippen LogP contribution in [0.25, 0.3) is 0 Å². The van der Waals surface area contributed by atoms with Crippen molar-refractivity contribution < 1.29 is 4.79 Å². The van der Waals surface area contributed by atoms with Gasteiger partial charge < -0.3 is 10.2 Å². The number of amides is 1. The lowest BCUT2D eigenvalue weighted by Crippen LogP contribution is -2.52. The molecule has 1 N–H and O–H groups in total. The Bertz CT molecular complexity index is 438. The molecule has 1 aromatic heterocycles. The van der Waals surface area contributed by atoms with Crippen molar-refractivity contribution in [2.75, 3.05) is 20.1 Å². The van der Waals surface area contributed by atoms with Crippen LogP contribution in [0.4, 0.5) is 0 Å². The number of nitrogens with one attached hydrogen (secondary N) is 1. The summed E-state index contributed by atoms with van der Waals surface area (Å²) in [7, 11) is 2.10. The molecule has 18 heavy (non-hydrogen) atoms. The maximum atomic E-state index is 12.1. The monoisotopic (exact) mass is 248 g/mol. The molecule has 1 saturated heterocycles.